The molecule has 7 nitrogen and oxygen atoms in total. The second-order valence-electron chi connectivity index (χ2n) is 5.04. The third-order valence-corrected chi connectivity index (χ3v) is 3.73. The van der Waals surface area contributed by atoms with E-state index < -0.39 is 5.69 Å². The van der Waals surface area contributed by atoms with E-state index in [4.69, 9.17) is 0 Å². The average molecular weight is 267 g/mol. The van der Waals surface area contributed by atoms with Crippen molar-refractivity contribution in [1.29, 1.82) is 0 Å². The first-order valence-corrected chi connectivity index (χ1v) is 6.60. The molecule has 1 aromatic rings. The van der Waals surface area contributed by atoms with Crippen LogP contribution in [0, 0.1) is 0 Å². The Morgan fingerprint density at radius 1 is 1.26 bits per heavy atom. The van der Waals surface area contributed by atoms with E-state index in [1.807, 2.05) is 11.9 Å². The van der Waals surface area contributed by atoms with Crippen molar-refractivity contribution in [1.82, 2.24) is 19.7 Å². The molecule has 106 valence electrons. The molecule has 1 saturated heterocycles. The summed E-state index contributed by atoms with van der Waals surface area (Å²) in [6, 6.07) is 0.285. The Balaban J connectivity index is 2.35. The fourth-order valence-corrected chi connectivity index (χ4v) is 2.46. The number of nitrogens with zero attached hydrogens (tertiary/aromatic N) is 4. The minimum Gasteiger partial charge on any atom is -0.351 e. The molecule has 1 N–H and O–H groups in total. The highest BCUT2D eigenvalue weighted by atomic mass is 16.2. The highest BCUT2D eigenvalue weighted by Crippen LogP contribution is 2.15. The Hall–Kier alpha value is -1.63. The normalized spacial score (nSPS) is 20.1. The van der Waals surface area contributed by atoms with E-state index in [0.29, 0.717) is 5.82 Å². The summed E-state index contributed by atoms with van der Waals surface area (Å²) in [5, 5.41) is 7.46. The van der Waals surface area contributed by atoms with Crippen LogP contribution < -0.4 is 21.5 Å². The first-order valence-electron chi connectivity index (χ1n) is 6.60. The summed E-state index contributed by atoms with van der Waals surface area (Å²) in [6.07, 6.45) is 3.09. The Kier molecular flexibility index (Phi) is 4.04. The summed E-state index contributed by atoms with van der Waals surface area (Å²) < 4.78 is 2.32. The molecule has 2 rings (SSSR count). The predicted octanol–water partition coefficient (Wildman–Crippen LogP) is -0.943. The van der Waals surface area contributed by atoms with Crippen molar-refractivity contribution in [3.8, 4) is 0 Å². The summed E-state index contributed by atoms with van der Waals surface area (Å²) >= 11 is 0. The number of aryl methyl sites for hydroxylation is 1. The van der Waals surface area contributed by atoms with Crippen molar-refractivity contribution >= 4 is 5.82 Å². The number of rotatable bonds is 2. The van der Waals surface area contributed by atoms with E-state index in [-0.39, 0.29) is 11.6 Å². The maximum Gasteiger partial charge on any atom is 0.346 e. The molecule has 1 aromatic heterocycles. The fourth-order valence-electron chi connectivity index (χ4n) is 2.46. The van der Waals surface area contributed by atoms with Crippen molar-refractivity contribution in [3.05, 3.63) is 20.8 Å². The standard InChI is InChI=1S/C12H21N5O2/c1-15(9-5-4-7-13-8-6-9)10-11(18)16(2)12(19)17(3)14-10/h9,13H,4-8H2,1-3H3. The first-order chi connectivity index (χ1) is 9.02. The average Bonchev–Trinajstić information content (AvgIpc) is 2.68. The zero-order valence-electron chi connectivity index (χ0n) is 11.7. The van der Waals surface area contributed by atoms with Gasteiger partial charge in [0.15, 0.2) is 0 Å². The van der Waals surface area contributed by atoms with Crippen molar-refractivity contribution < 1.29 is 0 Å². The van der Waals surface area contributed by atoms with Gasteiger partial charge in [-0.3, -0.25) is 9.36 Å². The van der Waals surface area contributed by atoms with Crippen molar-refractivity contribution in [2.45, 2.75) is 25.3 Å². The van der Waals surface area contributed by atoms with Crippen LogP contribution in [0.3, 0.4) is 0 Å². The van der Waals surface area contributed by atoms with E-state index in [9.17, 15) is 9.59 Å². The molecule has 0 bridgehead atoms. The van der Waals surface area contributed by atoms with Gasteiger partial charge in [-0.15, -0.1) is 5.10 Å². The molecule has 2 heterocycles. The van der Waals surface area contributed by atoms with Crippen LogP contribution in [-0.4, -0.2) is 40.5 Å². The Bertz CT molecular complexity index is 554. The number of anilines is 1. The molecule has 1 unspecified atom stereocenters. The molecule has 1 fully saturated rings. The number of aromatic nitrogens is 3. The van der Waals surface area contributed by atoms with Gasteiger partial charge in [0.2, 0.25) is 5.82 Å². The largest absolute Gasteiger partial charge is 0.351 e. The SMILES string of the molecule is CN(c1nn(C)c(=O)n(C)c1=O)C1CCCNCC1. The molecule has 1 aliphatic rings. The second-order valence-corrected chi connectivity index (χ2v) is 5.04. The molecule has 1 aliphatic heterocycles. The first kappa shape index (κ1) is 13.8. The monoisotopic (exact) mass is 267 g/mol. The molecule has 7 heteroatoms. The fraction of sp³-hybridized carbons (Fsp3) is 0.750. The molecule has 1 atom stereocenters. The molecule has 19 heavy (non-hydrogen) atoms. The topological polar surface area (TPSA) is 72.2 Å². The van der Waals surface area contributed by atoms with Crippen LogP contribution >= 0.6 is 0 Å². The van der Waals surface area contributed by atoms with Crippen molar-refractivity contribution in [3.63, 3.8) is 0 Å². The van der Waals surface area contributed by atoms with E-state index in [1.165, 1.54) is 11.7 Å². The van der Waals surface area contributed by atoms with Gasteiger partial charge in [-0.2, -0.15) is 0 Å². The number of hydrogen-bond acceptors (Lipinski definition) is 5. The molecular formula is C12H21N5O2. The van der Waals surface area contributed by atoms with E-state index in [2.05, 4.69) is 10.4 Å². The van der Waals surface area contributed by atoms with Crippen LogP contribution in [0.25, 0.3) is 0 Å². The van der Waals surface area contributed by atoms with Gasteiger partial charge in [0.1, 0.15) is 0 Å². The van der Waals surface area contributed by atoms with E-state index in [0.717, 1.165) is 36.9 Å². The molecule has 0 aromatic carbocycles. The minimum atomic E-state index is -0.398. The Morgan fingerprint density at radius 3 is 2.74 bits per heavy atom. The van der Waals surface area contributed by atoms with Crippen LogP contribution in [0.4, 0.5) is 5.82 Å². The van der Waals surface area contributed by atoms with Crippen LogP contribution in [-0.2, 0) is 14.1 Å². The smallest absolute Gasteiger partial charge is 0.346 e. The van der Waals surface area contributed by atoms with Crippen molar-refractivity contribution in [2.24, 2.45) is 14.1 Å². The molecule has 0 amide bonds. The van der Waals surface area contributed by atoms with Crippen molar-refractivity contribution in [2.75, 3.05) is 25.0 Å². The third-order valence-electron chi connectivity index (χ3n) is 3.73. The lowest BCUT2D eigenvalue weighted by molar-refractivity contribution is 0.534. The summed E-state index contributed by atoms with van der Waals surface area (Å²) in [7, 11) is 4.93. The molecule has 0 saturated carbocycles. The van der Waals surface area contributed by atoms with E-state index in [1.54, 1.807) is 7.05 Å². The lowest BCUT2D eigenvalue weighted by Gasteiger charge is -2.27. The molecule has 0 aliphatic carbocycles. The van der Waals surface area contributed by atoms with Crippen LogP contribution in [0.15, 0.2) is 9.59 Å². The lowest BCUT2D eigenvalue weighted by Crippen LogP contribution is -2.45. The summed E-state index contributed by atoms with van der Waals surface area (Å²) in [5.41, 5.74) is -0.729. The molecule has 0 spiro atoms. The van der Waals surface area contributed by atoms with Gasteiger partial charge < -0.3 is 10.2 Å². The second kappa shape index (κ2) is 5.56. The maximum absolute atomic E-state index is 12.1. The lowest BCUT2D eigenvalue weighted by atomic mass is 10.1. The highest BCUT2D eigenvalue weighted by Gasteiger charge is 2.21. The zero-order valence-corrected chi connectivity index (χ0v) is 11.7. The summed E-state index contributed by atoms with van der Waals surface area (Å²) in [6.45, 7) is 1.96. The number of nitrogens with one attached hydrogen (secondary N) is 1. The molecule has 0 radical (unpaired) electrons. The maximum atomic E-state index is 12.1. The van der Waals surface area contributed by atoms with Crippen LogP contribution in [0.2, 0.25) is 0 Å². The van der Waals surface area contributed by atoms with Crippen LogP contribution in [0.1, 0.15) is 19.3 Å². The Labute approximate surface area is 111 Å². The van der Waals surface area contributed by atoms with Gasteiger partial charge >= 0.3 is 5.69 Å². The summed E-state index contributed by atoms with van der Waals surface area (Å²) in [5.74, 6) is 0.344. The van der Waals surface area contributed by atoms with E-state index >= 15 is 0 Å². The van der Waals surface area contributed by atoms with Gasteiger partial charge in [0.05, 0.1) is 0 Å². The molecular weight excluding hydrogens is 246 g/mol. The Morgan fingerprint density at radius 2 is 2.00 bits per heavy atom. The third kappa shape index (κ3) is 2.70. The highest BCUT2D eigenvalue weighted by molar-refractivity contribution is 5.35. The van der Waals surface area contributed by atoms with Gasteiger partial charge in [0.25, 0.3) is 5.56 Å². The zero-order chi connectivity index (χ0) is 14.0. The summed E-state index contributed by atoms with van der Waals surface area (Å²) in [4.78, 5) is 25.7. The number of hydrogen-bond donors (Lipinski definition) is 1. The quantitative estimate of drug-likeness (QED) is 0.748. The van der Waals surface area contributed by atoms with Gasteiger partial charge in [-0.1, -0.05) is 0 Å². The minimum absolute atomic E-state index is 0.285. The van der Waals surface area contributed by atoms with Gasteiger partial charge in [-0.25, -0.2) is 9.48 Å². The van der Waals surface area contributed by atoms with Gasteiger partial charge in [0, 0.05) is 27.2 Å². The predicted molar refractivity (Wildman–Crippen MR) is 73.6 cm³/mol. The van der Waals surface area contributed by atoms with Gasteiger partial charge in [-0.05, 0) is 32.4 Å². The van der Waals surface area contributed by atoms with Crippen LogP contribution in [0.5, 0.6) is 0 Å².